The topological polar surface area (TPSA) is 62.5 Å². The highest BCUT2D eigenvalue weighted by molar-refractivity contribution is 5.76. The lowest BCUT2D eigenvalue weighted by molar-refractivity contribution is -0.133. The minimum Gasteiger partial charge on any atom is -0.340 e. The molecule has 4 rings (SSSR count). The molecule has 0 N–H and O–H groups in total. The van der Waals surface area contributed by atoms with Crippen molar-refractivity contribution in [2.45, 2.75) is 25.7 Å². The van der Waals surface area contributed by atoms with E-state index in [0.29, 0.717) is 24.6 Å². The van der Waals surface area contributed by atoms with Gasteiger partial charge in [0.15, 0.2) is 0 Å². The van der Waals surface area contributed by atoms with E-state index >= 15 is 0 Å². The lowest BCUT2D eigenvalue weighted by atomic mass is 10.1. The average molecular weight is 405 g/mol. The summed E-state index contributed by atoms with van der Waals surface area (Å²) < 4.78 is 5.33. The standard InChI is InChI=1S/C24H28N4O2/c29-23(13-7-12-22-25-24(26-30-22)21-10-5-2-6-11-21)28-18-16-27(17-19-28)15-14-20-8-3-1-4-9-20/h1-6,8-11H,7,12-19H2. The largest absolute Gasteiger partial charge is 0.340 e. The Morgan fingerprint density at radius 2 is 1.60 bits per heavy atom. The van der Waals surface area contributed by atoms with Crippen molar-refractivity contribution in [3.8, 4) is 11.4 Å². The number of carbonyl (C=O) groups excluding carboxylic acids is 1. The lowest BCUT2D eigenvalue weighted by Crippen LogP contribution is -2.49. The highest BCUT2D eigenvalue weighted by Crippen LogP contribution is 2.16. The maximum absolute atomic E-state index is 12.5. The minimum absolute atomic E-state index is 0.223. The van der Waals surface area contributed by atoms with Gasteiger partial charge in [-0.3, -0.25) is 9.69 Å². The van der Waals surface area contributed by atoms with Gasteiger partial charge in [-0.1, -0.05) is 65.8 Å². The van der Waals surface area contributed by atoms with E-state index in [-0.39, 0.29) is 5.91 Å². The predicted octanol–water partition coefficient (Wildman–Crippen LogP) is 3.45. The molecule has 1 amide bonds. The zero-order valence-corrected chi connectivity index (χ0v) is 17.2. The molecule has 0 aliphatic carbocycles. The summed E-state index contributed by atoms with van der Waals surface area (Å²) in [5.41, 5.74) is 2.31. The number of aryl methyl sites for hydroxylation is 1. The first kappa shape index (κ1) is 20.3. The molecule has 30 heavy (non-hydrogen) atoms. The van der Waals surface area contributed by atoms with E-state index in [2.05, 4.69) is 45.4 Å². The van der Waals surface area contributed by atoms with Gasteiger partial charge in [-0.15, -0.1) is 0 Å². The van der Waals surface area contributed by atoms with Crippen molar-refractivity contribution in [2.24, 2.45) is 0 Å². The molecule has 6 heteroatoms. The van der Waals surface area contributed by atoms with Crippen molar-refractivity contribution in [3.63, 3.8) is 0 Å². The zero-order chi connectivity index (χ0) is 20.6. The Labute approximate surface area is 177 Å². The summed E-state index contributed by atoms with van der Waals surface area (Å²) in [6, 6.07) is 20.3. The zero-order valence-electron chi connectivity index (χ0n) is 17.2. The third-order valence-corrected chi connectivity index (χ3v) is 5.57. The van der Waals surface area contributed by atoms with Gasteiger partial charge in [-0.05, 0) is 18.4 Å². The molecule has 2 heterocycles. The van der Waals surface area contributed by atoms with Gasteiger partial charge in [0.1, 0.15) is 0 Å². The van der Waals surface area contributed by atoms with E-state index in [1.54, 1.807) is 0 Å². The van der Waals surface area contributed by atoms with Crippen LogP contribution in [0, 0.1) is 0 Å². The summed E-state index contributed by atoms with van der Waals surface area (Å²) in [5, 5.41) is 4.03. The smallest absolute Gasteiger partial charge is 0.226 e. The monoisotopic (exact) mass is 404 g/mol. The molecule has 0 radical (unpaired) electrons. The van der Waals surface area contributed by atoms with Crippen molar-refractivity contribution in [3.05, 3.63) is 72.1 Å². The molecule has 3 aromatic rings. The van der Waals surface area contributed by atoms with Crippen LogP contribution in [-0.4, -0.2) is 58.6 Å². The third kappa shape index (κ3) is 5.54. The number of nitrogens with zero attached hydrogens (tertiary/aromatic N) is 4. The van der Waals surface area contributed by atoms with Crippen LogP contribution in [0.4, 0.5) is 0 Å². The first-order valence-electron chi connectivity index (χ1n) is 10.7. The van der Waals surface area contributed by atoms with Crippen molar-refractivity contribution >= 4 is 5.91 Å². The lowest BCUT2D eigenvalue weighted by Gasteiger charge is -2.34. The molecule has 1 saturated heterocycles. The fourth-order valence-corrected chi connectivity index (χ4v) is 3.76. The van der Waals surface area contributed by atoms with Gasteiger partial charge < -0.3 is 9.42 Å². The predicted molar refractivity (Wildman–Crippen MR) is 116 cm³/mol. The minimum atomic E-state index is 0.223. The molecule has 1 aromatic heterocycles. The highest BCUT2D eigenvalue weighted by atomic mass is 16.5. The Balaban J connectivity index is 1.15. The van der Waals surface area contributed by atoms with Gasteiger partial charge in [-0.25, -0.2) is 0 Å². The first-order chi connectivity index (χ1) is 14.8. The van der Waals surface area contributed by atoms with Gasteiger partial charge in [0, 0.05) is 51.1 Å². The summed E-state index contributed by atoms with van der Waals surface area (Å²) in [6.45, 7) is 4.57. The first-order valence-corrected chi connectivity index (χ1v) is 10.7. The molecule has 1 aliphatic heterocycles. The van der Waals surface area contributed by atoms with Crippen LogP contribution in [0.25, 0.3) is 11.4 Å². The molecule has 0 saturated carbocycles. The Morgan fingerprint density at radius 1 is 0.900 bits per heavy atom. The quantitative estimate of drug-likeness (QED) is 0.575. The molecule has 1 fully saturated rings. The second kappa shape index (κ2) is 10.2. The van der Waals surface area contributed by atoms with Crippen LogP contribution in [0.15, 0.2) is 65.2 Å². The molecule has 0 unspecified atom stereocenters. The van der Waals surface area contributed by atoms with Gasteiger partial charge in [0.25, 0.3) is 0 Å². The molecular formula is C24H28N4O2. The molecule has 2 aromatic carbocycles. The Morgan fingerprint density at radius 3 is 2.33 bits per heavy atom. The van der Waals surface area contributed by atoms with E-state index in [1.807, 2.05) is 35.2 Å². The Hall–Kier alpha value is -2.99. The summed E-state index contributed by atoms with van der Waals surface area (Å²) in [7, 11) is 0. The SMILES string of the molecule is O=C(CCCc1nc(-c2ccccc2)no1)N1CCN(CCc2ccccc2)CC1. The maximum Gasteiger partial charge on any atom is 0.226 e. The fourth-order valence-electron chi connectivity index (χ4n) is 3.76. The van der Waals surface area contributed by atoms with Crippen LogP contribution < -0.4 is 0 Å². The molecule has 1 aliphatic rings. The molecular weight excluding hydrogens is 376 g/mol. The number of rotatable bonds is 8. The molecule has 0 spiro atoms. The van der Waals surface area contributed by atoms with E-state index < -0.39 is 0 Å². The van der Waals surface area contributed by atoms with E-state index in [0.717, 1.165) is 51.1 Å². The number of aromatic nitrogens is 2. The van der Waals surface area contributed by atoms with Crippen LogP contribution in [-0.2, 0) is 17.6 Å². The number of carbonyl (C=O) groups is 1. The summed E-state index contributed by atoms with van der Waals surface area (Å²) in [6.07, 6.45) is 2.93. The van der Waals surface area contributed by atoms with Gasteiger partial charge in [0.05, 0.1) is 0 Å². The van der Waals surface area contributed by atoms with Crippen molar-refractivity contribution < 1.29 is 9.32 Å². The molecule has 0 atom stereocenters. The summed E-state index contributed by atoms with van der Waals surface area (Å²) >= 11 is 0. The van der Waals surface area contributed by atoms with E-state index in [9.17, 15) is 4.79 Å². The van der Waals surface area contributed by atoms with Crippen LogP contribution in [0.5, 0.6) is 0 Å². The number of amides is 1. The maximum atomic E-state index is 12.5. The number of hydrogen-bond acceptors (Lipinski definition) is 5. The summed E-state index contributed by atoms with van der Waals surface area (Å²) in [5.74, 6) is 1.41. The van der Waals surface area contributed by atoms with E-state index in [4.69, 9.17) is 4.52 Å². The van der Waals surface area contributed by atoms with Crippen molar-refractivity contribution in [2.75, 3.05) is 32.7 Å². The van der Waals surface area contributed by atoms with Gasteiger partial charge >= 0.3 is 0 Å². The van der Waals surface area contributed by atoms with Crippen LogP contribution in [0.2, 0.25) is 0 Å². The molecule has 156 valence electrons. The second-order valence-electron chi connectivity index (χ2n) is 7.69. The normalized spacial score (nSPS) is 14.7. The molecule has 6 nitrogen and oxygen atoms in total. The second-order valence-corrected chi connectivity index (χ2v) is 7.69. The third-order valence-electron chi connectivity index (χ3n) is 5.57. The fraction of sp³-hybridized carbons (Fsp3) is 0.375. The highest BCUT2D eigenvalue weighted by Gasteiger charge is 2.20. The number of benzene rings is 2. The van der Waals surface area contributed by atoms with Crippen molar-refractivity contribution in [1.82, 2.24) is 19.9 Å². The van der Waals surface area contributed by atoms with E-state index in [1.165, 1.54) is 5.56 Å². The van der Waals surface area contributed by atoms with Crippen molar-refractivity contribution in [1.29, 1.82) is 0 Å². The Kier molecular flexibility index (Phi) is 6.87. The van der Waals surface area contributed by atoms with Crippen LogP contribution in [0.3, 0.4) is 0 Å². The molecule has 0 bridgehead atoms. The number of piperazine rings is 1. The average Bonchev–Trinajstić information content (AvgIpc) is 3.28. The van der Waals surface area contributed by atoms with Gasteiger partial charge in [0.2, 0.25) is 17.6 Å². The van der Waals surface area contributed by atoms with Gasteiger partial charge in [-0.2, -0.15) is 4.98 Å². The Bertz CT molecular complexity index is 919. The van der Waals surface area contributed by atoms with Crippen LogP contribution in [0.1, 0.15) is 24.3 Å². The van der Waals surface area contributed by atoms with Crippen LogP contribution >= 0.6 is 0 Å². The number of hydrogen-bond donors (Lipinski definition) is 0. The summed E-state index contributed by atoms with van der Waals surface area (Å²) in [4.78, 5) is 21.4.